The number of fused-ring (bicyclic) bond motifs is 3. The van der Waals surface area contributed by atoms with Crippen LogP contribution >= 0.6 is 0 Å². The van der Waals surface area contributed by atoms with Crippen molar-refractivity contribution in [3.05, 3.63) is 118 Å². The number of benzene rings is 4. The Morgan fingerprint density at radius 1 is 0.516 bits per heavy atom. The largest absolute Gasteiger partial charge is 0.456 e. The third-order valence-corrected chi connectivity index (χ3v) is 5.62. The van der Waals surface area contributed by atoms with Gasteiger partial charge in [0.15, 0.2) is 11.6 Å². The fraction of sp³-hybridized carbons (Fsp3) is 0.0714. The third-order valence-electron chi connectivity index (χ3n) is 5.62. The first-order chi connectivity index (χ1) is 15.0. The van der Waals surface area contributed by atoms with Gasteiger partial charge >= 0.3 is 0 Å². The van der Waals surface area contributed by atoms with Crippen LogP contribution in [-0.4, -0.2) is 11.6 Å². The van der Waals surface area contributed by atoms with E-state index in [2.05, 4.69) is 0 Å². The van der Waals surface area contributed by atoms with Crippen LogP contribution in [0.1, 0.15) is 43.0 Å². The van der Waals surface area contributed by atoms with Gasteiger partial charge < -0.3 is 4.42 Å². The van der Waals surface area contributed by atoms with Crippen molar-refractivity contribution in [2.24, 2.45) is 0 Å². The van der Waals surface area contributed by atoms with Crippen LogP contribution in [0.4, 0.5) is 0 Å². The fourth-order valence-electron chi connectivity index (χ4n) is 3.80. The molecule has 0 aliphatic heterocycles. The van der Waals surface area contributed by atoms with Crippen LogP contribution < -0.4 is 0 Å². The summed E-state index contributed by atoms with van der Waals surface area (Å²) in [5.74, 6) is -0.0775. The highest BCUT2D eigenvalue weighted by Gasteiger charge is 2.16. The van der Waals surface area contributed by atoms with E-state index in [1.54, 1.807) is 12.1 Å². The molecule has 0 amide bonds. The third kappa shape index (κ3) is 3.44. The lowest BCUT2D eigenvalue weighted by Crippen LogP contribution is -2.01. The van der Waals surface area contributed by atoms with Crippen LogP contribution in [0.5, 0.6) is 0 Å². The summed E-state index contributed by atoms with van der Waals surface area (Å²) >= 11 is 0. The van der Waals surface area contributed by atoms with Gasteiger partial charge in [0.25, 0.3) is 0 Å². The lowest BCUT2D eigenvalue weighted by Gasteiger charge is -2.03. The molecule has 1 aromatic heterocycles. The van der Waals surface area contributed by atoms with Gasteiger partial charge in [-0.25, -0.2) is 0 Å². The lowest BCUT2D eigenvalue weighted by atomic mass is 9.98. The number of aryl methyl sites for hydroxylation is 2. The molecule has 31 heavy (non-hydrogen) atoms. The molecule has 0 radical (unpaired) electrons. The van der Waals surface area contributed by atoms with Crippen LogP contribution in [0.3, 0.4) is 0 Å². The number of rotatable bonds is 4. The fourth-order valence-corrected chi connectivity index (χ4v) is 3.80. The van der Waals surface area contributed by atoms with Gasteiger partial charge in [-0.2, -0.15) is 0 Å². The highest BCUT2D eigenvalue weighted by molar-refractivity contribution is 6.16. The van der Waals surface area contributed by atoms with Crippen LogP contribution in [-0.2, 0) is 0 Å². The molecule has 0 bridgehead atoms. The van der Waals surface area contributed by atoms with Crippen molar-refractivity contribution in [1.29, 1.82) is 0 Å². The van der Waals surface area contributed by atoms with Gasteiger partial charge in [-0.3, -0.25) is 9.59 Å². The van der Waals surface area contributed by atoms with E-state index in [0.717, 1.165) is 21.9 Å². The Morgan fingerprint density at radius 3 is 1.26 bits per heavy atom. The van der Waals surface area contributed by atoms with Gasteiger partial charge in [0.1, 0.15) is 11.2 Å². The summed E-state index contributed by atoms with van der Waals surface area (Å²) in [6.45, 7) is 3.99. The zero-order valence-corrected chi connectivity index (χ0v) is 17.3. The van der Waals surface area contributed by atoms with E-state index in [0.29, 0.717) is 33.4 Å². The first-order valence-corrected chi connectivity index (χ1v) is 10.2. The quantitative estimate of drug-likeness (QED) is 0.315. The second-order valence-electron chi connectivity index (χ2n) is 7.91. The first kappa shape index (κ1) is 19.0. The van der Waals surface area contributed by atoms with Crippen molar-refractivity contribution < 1.29 is 14.0 Å². The van der Waals surface area contributed by atoms with E-state index in [9.17, 15) is 9.59 Å². The molecule has 0 atom stereocenters. The zero-order chi connectivity index (χ0) is 21.5. The molecular weight excluding hydrogens is 384 g/mol. The van der Waals surface area contributed by atoms with Gasteiger partial charge in [0, 0.05) is 33.0 Å². The van der Waals surface area contributed by atoms with Crippen molar-refractivity contribution in [1.82, 2.24) is 0 Å². The predicted molar refractivity (Wildman–Crippen MR) is 123 cm³/mol. The Bertz CT molecular complexity index is 1340. The standard InChI is InChI=1S/C28H20O3/c1-17-3-7-19(8-4-17)27(29)21-11-13-25-23(15-21)24-16-22(12-14-26(24)31-25)28(30)20-9-5-18(2)6-10-20/h3-16H,1-2H3. The number of hydrogen-bond acceptors (Lipinski definition) is 3. The zero-order valence-electron chi connectivity index (χ0n) is 17.3. The molecule has 0 aliphatic rings. The highest BCUT2D eigenvalue weighted by atomic mass is 16.3. The molecule has 0 saturated carbocycles. The summed E-state index contributed by atoms with van der Waals surface area (Å²) in [7, 11) is 0. The SMILES string of the molecule is Cc1ccc(C(=O)c2ccc3oc4ccc(C(=O)c5ccc(C)cc5)cc4c3c2)cc1. The molecule has 3 heteroatoms. The maximum Gasteiger partial charge on any atom is 0.193 e. The maximum absolute atomic E-state index is 13.0. The molecule has 1 heterocycles. The smallest absolute Gasteiger partial charge is 0.193 e. The summed E-state index contributed by atoms with van der Waals surface area (Å²) in [6.07, 6.45) is 0. The second kappa shape index (κ2) is 7.37. The average Bonchev–Trinajstić information content (AvgIpc) is 3.16. The van der Waals surface area contributed by atoms with Crippen molar-refractivity contribution in [2.75, 3.05) is 0 Å². The molecule has 0 spiro atoms. The minimum absolute atomic E-state index is 0.0388. The molecule has 5 rings (SSSR count). The van der Waals surface area contributed by atoms with Gasteiger partial charge in [-0.1, -0.05) is 59.7 Å². The molecule has 5 aromatic rings. The van der Waals surface area contributed by atoms with Crippen LogP contribution in [0.15, 0.2) is 89.3 Å². The minimum Gasteiger partial charge on any atom is -0.456 e. The van der Waals surface area contributed by atoms with E-state index < -0.39 is 0 Å². The molecule has 0 saturated heterocycles. The number of carbonyl (C=O) groups excluding carboxylic acids is 2. The molecule has 0 N–H and O–H groups in total. The topological polar surface area (TPSA) is 47.3 Å². The van der Waals surface area contributed by atoms with E-state index in [4.69, 9.17) is 4.42 Å². The number of furan rings is 1. The molecular formula is C28H20O3. The summed E-state index contributed by atoms with van der Waals surface area (Å²) in [4.78, 5) is 25.9. The number of carbonyl (C=O) groups is 2. The Kier molecular flexibility index (Phi) is 4.52. The monoisotopic (exact) mass is 404 g/mol. The average molecular weight is 404 g/mol. The second-order valence-corrected chi connectivity index (χ2v) is 7.91. The summed E-state index contributed by atoms with van der Waals surface area (Å²) in [6, 6.07) is 26.0. The molecule has 3 nitrogen and oxygen atoms in total. The van der Waals surface area contributed by atoms with Crippen molar-refractivity contribution in [3.8, 4) is 0 Å². The Labute approximate surface area is 179 Å². The Hall–Kier alpha value is -3.98. The normalized spacial score (nSPS) is 11.2. The molecule has 0 fully saturated rings. The number of ketones is 2. The van der Waals surface area contributed by atoms with Crippen molar-refractivity contribution in [2.45, 2.75) is 13.8 Å². The van der Waals surface area contributed by atoms with Gasteiger partial charge in [-0.05, 0) is 50.2 Å². The van der Waals surface area contributed by atoms with Crippen LogP contribution in [0.25, 0.3) is 21.9 Å². The van der Waals surface area contributed by atoms with Crippen LogP contribution in [0, 0.1) is 13.8 Å². The van der Waals surface area contributed by atoms with E-state index in [-0.39, 0.29) is 11.6 Å². The van der Waals surface area contributed by atoms with Gasteiger partial charge in [0.05, 0.1) is 0 Å². The van der Waals surface area contributed by atoms with Crippen molar-refractivity contribution in [3.63, 3.8) is 0 Å². The maximum atomic E-state index is 13.0. The van der Waals surface area contributed by atoms with Crippen molar-refractivity contribution >= 4 is 33.5 Å². The van der Waals surface area contributed by atoms with E-state index in [1.807, 2.05) is 86.6 Å². The van der Waals surface area contributed by atoms with Gasteiger partial charge in [0.2, 0.25) is 0 Å². The highest BCUT2D eigenvalue weighted by Crippen LogP contribution is 2.31. The van der Waals surface area contributed by atoms with E-state index in [1.165, 1.54) is 0 Å². The molecule has 4 aromatic carbocycles. The number of hydrogen-bond donors (Lipinski definition) is 0. The molecule has 0 unspecified atom stereocenters. The summed E-state index contributed by atoms with van der Waals surface area (Å²) < 4.78 is 5.94. The predicted octanol–water partition coefficient (Wildman–Crippen LogP) is 6.66. The Balaban J connectivity index is 1.58. The van der Waals surface area contributed by atoms with E-state index >= 15 is 0 Å². The van der Waals surface area contributed by atoms with Gasteiger partial charge in [-0.15, -0.1) is 0 Å². The Morgan fingerprint density at radius 2 is 0.871 bits per heavy atom. The first-order valence-electron chi connectivity index (χ1n) is 10.2. The minimum atomic E-state index is -0.0388. The molecule has 0 aliphatic carbocycles. The van der Waals surface area contributed by atoms with Crippen LogP contribution in [0.2, 0.25) is 0 Å². The lowest BCUT2D eigenvalue weighted by molar-refractivity contribution is 0.103. The molecule has 150 valence electrons. The summed E-state index contributed by atoms with van der Waals surface area (Å²) in [5, 5.41) is 1.65. The summed E-state index contributed by atoms with van der Waals surface area (Å²) in [5.41, 5.74) is 6.08.